The molecule has 6 nitrogen and oxygen atoms in total. The number of halogens is 2. The largest absolute Gasteiger partial charge is 0.507 e. The van der Waals surface area contributed by atoms with Crippen molar-refractivity contribution in [3.63, 3.8) is 0 Å². The lowest BCUT2D eigenvalue weighted by Crippen LogP contribution is -2.18. The number of benzene rings is 2. The summed E-state index contributed by atoms with van der Waals surface area (Å²) < 4.78 is 0. The number of nitrogens with one attached hydrogen (secondary N) is 2. The Hall–Kier alpha value is -3.09. The molecule has 0 atom stereocenters. The number of para-hydroxylation sites is 1. The van der Waals surface area contributed by atoms with E-state index >= 15 is 0 Å². The predicted octanol–water partition coefficient (Wildman–Crippen LogP) is 4.58. The quantitative estimate of drug-likeness (QED) is 0.313. The lowest BCUT2D eigenvalue weighted by atomic mass is 10.1. The number of aromatic hydroxyl groups is 1. The molecule has 2 aromatic carbocycles. The van der Waals surface area contributed by atoms with Crippen LogP contribution in [0.5, 0.6) is 5.75 Å². The number of aromatic nitrogens is 2. The van der Waals surface area contributed by atoms with E-state index in [1.807, 2.05) is 0 Å². The fourth-order valence-corrected chi connectivity index (χ4v) is 3.03. The summed E-state index contributed by atoms with van der Waals surface area (Å²) in [5.74, 6) is -0.386. The number of nitrogens with zero attached hydrogens (tertiary/aromatic N) is 2. The molecule has 0 aliphatic heterocycles. The van der Waals surface area contributed by atoms with Gasteiger partial charge >= 0.3 is 0 Å². The van der Waals surface area contributed by atoms with Crippen molar-refractivity contribution in [1.29, 1.82) is 0 Å². The molecule has 0 unspecified atom stereocenters. The number of H-pyrrole nitrogens is 1. The average Bonchev–Trinajstić information content (AvgIpc) is 3.14. The third-order valence-electron chi connectivity index (χ3n) is 3.91. The first kappa shape index (κ1) is 19.7. The van der Waals surface area contributed by atoms with Gasteiger partial charge in [-0.2, -0.15) is 10.2 Å². The summed E-state index contributed by atoms with van der Waals surface area (Å²) >= 11 is 12.1. The number of carbonyl (C=O) groups is 1. The topological polar surface area (TPSA) is 90.4 Å². The smallest absolute Gasteiger partial charge is 0.289 e. The normalized spacial score (nSPS) is 10.9. The predicted molar refractivity (Wildman–Crippen MR) is 111 cm³/mol. The summed E-state index contributed by atoms with van der Waals surface area (Å²) in [5.41, 5.74) is 4.96. The van der Waals surface area contributed by atoms with Crippen molar-refractivity contribution in [1.82, 2.24) is 15.6 Å². The van der Waals surface area contributed by atoms with Gasteiger partial charge in [0.1, 0.15) is 11.4 Å². The molecular weight excluding hydrogens is 399 g/mol. The SMILES string of the molecule is C=CCc1cccc(/C=N\NC(=O)c2cc(-c3ccc(Cl)cc3Cl)n[nH]2)c1O. The van der Waals surface area contributed by atoms with Crippen molar-refractivity contribution in [2.45, 2.75) is 6.42 Å². The van der Waals surface area contributed by atoms with Gasteiger partial charge in [-0.25, -0.2) is 5.43 Å². The van der Waals surface area contributed by atoms with Gasteiger partial charge in [0.05, 0.1) is 16.9 Å². The van der Waals surface area contributed by atoms with Crippen LogP contribution in [0.25, 0.3) is 11.3 Å². The van der Waals surface area contributed by atoms with Crippen molar-refractivity contribution < 1.29 is 9.90 Å². The van der Waals surface area contributed by atoms with E-state index < -0.39 is 5.91 Å². The Morgan fingerprint density at radius 1 is 1.29 bits per heavy atom. The number of allylic oxidation sites excluding steroid dienone is 1. The number of aromatic amines is 1. The minimum Gasteiger partial charge on any atom is -0.507 e. The molecule has 142 valence electrons. The van der Waals surface area contributed by atoms with E-state index in [0.29, 0.717) is 33.3 Å². The van der Waals surface area contributed by atoms with Crippen LogP contribution in [0.15, 0.2) is 60.2 Å². The van der Waals surface area contributed by atoms with Crippen molar-refractivity contribution in [3.8, 4) is 17.0 Å². The summed E-state index contributed by atoms with van der Waals surface area (Å²) in [6.45, 7) is 3.65. The van der Waals surface area contributed by atoms with Crippen molar-refractivity contribution in [2.24, 2.45) is 5.10 Å². The number of phenols is 1. The minimum absolute atomic E-state index is 0.0987. The number of rotatable bonds is 6. The molecule has 0 fully saturated rings. The highest BCUT2D eigenvalue weighted by molar-refractivity contribution is 6.36. The molecule has 0 radical (unpaired) electrons. The van der Waals surface area contributed by atoms with E-state index in [-0.39, 0.29) is 11.4 Å². The standard InChI is InChI=1S/C20H16Cl2N4O2/c1-2-4-12-5-3-6-13(19(12)27)11-23-26-20(28)18-10-17(24-25-18)15-8-7-14(21)9-16(15)22/h2-3,5-11,27H,1,4H2,(H,24,25)(H,26,28)/b23-11-. The number of hydrazone groups is 1. The Kier molecular flexibility index (Phi) is 6.13. The lowest BCUT2D eigenvalue weighted by molar-refractivity contribution is 0.0950. The maximum absolute atomic E-state index is 12.2. The monoisotopic (exact) mass is 414 g/mol. The van der Waals surface area contributed by atoms with E-state index in [9.17, 15) is 9.90 Å². The van der Waals surface area contributed by atoms with Crippen LogP contribution in [-0.2, 0) is 6.42 Å². The maximum Gasteiger partial charge on any atom is 0.289 e. The van der Waals surface area contributed by atoms with Crippen molar-refractivity contribution in [2.75, 3.05) is 0 Å². The summed E-state index contributed by atoms with van der Waals surface area (Å²) in [6.07, 6.45) is 3.59. The molecule has 1 amide bonds. The molecule has 1 aromatic heterocycles. The maximum atomic E-state index is 12.2. The van der Waals surface area contributed by atoms with E-state index in [4.69, 9.17) is 23.2 Å². The molecule has 3 aromatic rings. The number of amides is 1. The highest BCUT2D eigenvalue weighted by Gasteiger charge is 2.13. The van der Waals surface area contributed by atoms with Gasteiger partial charge in [-0.05, 0) is 42.3 Å². The van der Waals surface area contributed by atoms with Gasteiger partial charge in [0.25, 0.3) is 5.91 Å². The highest BCUT2D eigenvalue weighted by Crippen LogP contribution is 2.29. The van der Waals surface area contributed by atoms with Crippen LogP contribution in [0.4, 0.5) is 0 Å². The lowest BCUT2D eigenvalue weighted by Gasteiger charge is -2.04. The van der Waals surface area contributed by atoms with Crippen LogP contribution in [0.3, 0.4) is 0 Å². The molecule has 3 rings (SSSR count). The summed E-state index contributed by atoms with van der Waals surface area (Å²) in [6, 6.07) is 11.8. The number of carbonyl (C=O) groups excluding carboxylic acids is 1. The first-order valence-corrected chi connectivity index (χ1v) is 9.01. The molecule has 8 heteroatoms. The number of hydrogen-bond acceptors (Lipinski definition) is 4. The second-order valence-electron chi connectivity index (χ2n) is 5.84. The van der Waals surface area contributed by atoms with Gasteiger partial charge < -0.3 is 5.11 Å². The van der Waals surface area contributed by atoms with Crippen molar-refractivity contribution >= 4 is 35.3 Å². The van der Waals surface area contributed by atoms with Gasteiger partial charge in [-0.1, -0.05) is 41.4 Å². The van der Waals surface area contributed by atoms with E-state index in [2.05, 4.69) is 27.3 Å². The number of phenolic OH excluding ortho intramolecular Hbond substituents is 1. The third kappa shape index (κ3) is 4.42. The zero-order chi connectivity index (χ0) is 20.1. The van der Waals surface area contributed by atoms with Crippen LogP contribution < -0.4 is 5.43 Å². The van der Waals surface area contributed by atoms with Crippen LogP contribution in [0.2, 0.25) is 10.0 Å². The van der Waals surface area contributed by atoms with Crippen LogP contribution >= 0.6 is 23.2 Å². The molecule has 0 spiro atoms. The molecule has 28 heavy (non-hydrogen) atoms. The second kappa shape index (κ2) is 8.73. The minimum atomic E-state index is -0.484. The fourth-order valence-electron chi connectivity index (χ4n) is 2.53. The van der Waals surface area contributed by atoms with Crippen LogP contribution in [0.1, 0.15) is 21.6 Å². The first-order valence-electron chi connectivity index (χ1n) is 8.25. The van der Waals surface area contributed by atoms with E-state index in [1.165, 1.54) is 6.21 Å². The van der Waals surface area contributed by atoms with Crippen LogP contribution in [-0.4, -0.2) is 27.4 Å². The first-order chi connectivity index (χ1) is 13.5. The molecule has 1 heterocycles. The zero-order valence-electron chi connectivity index (χ0n) is 14.6. The summed E-state index contributed by atoms with van der Waals surface area (Å²) in [4.78, 5) is 12.2. The molecule has 0 saturated heterocycles. The van der Waals surface area contributed by atoms with Gasteiger partial charge in [0.15, 0.2) is 0 Å². The average molecular weight is 415 g/mol. The molecule has 0 aliphatic rings. The third-order valence-corrected chi connectivity index (χ3v) is 4.46. The van der Waals surface area contributed by atoms with Gasteiger partial charge in [-0.15, -0.1) is 6.58 Å². The highest BCUT2D eigenvalue weighted by atomic mass is 35.5. The molecule has 0 saturated carbocycles. The summed E-state index contributed by atoms with van der Waals surface area (Å²) in [7, 11) is 0. The Balaban J connectivity index is 1.71. The molecule has 0 bridgehead atoms. The molecule has 0 aliphatic carbocycles. The van der Waals surface area contributed by atoms with E-state index in [1.54, 1.807) is 48.5 Å². The molecular formula is C20H16Cl2N4O2. The Morgan fingerprint density at radius 3 is 2.86 bits per heavy atom. The summed E-state index contributed by atoms with van der Waals surface area (Å²) in [5, 5.41) is 21.8. The fraction of sp³-hybridized carbons (Fsp3) is 0.0500. The van der Waals surface area contributed by atoms with Gasteiger partial charge in [-0.3, -0.25) is 9.89 Å². The second-order valence-corrected chi connectivity index (χ2v) is 6.68. The van der Waals surface area contributed by atoms with Crippen LogP contribution in [0, 0.1) is 0 Å². The molecule has 3 N–H and O–H groups in total. The Labute approximate surface area is 171 Å². The zero-order valence-corrected chi connectivity index (χ0v) is 16.1. The van der Waals surface area contributed by atoms with Gasteiger partial charge in [0, 0.05) is 16.1 Å². The van der Waals surface area contributed by atoms with Gasteiger partial charge in [0.2, 0.25) is 0 Å². The van der Waals surface area contributed by atoms with Crippen molar-refractivity contribution in [3.05, 3.63) is 82.0 Å². The Bertz CT molecular complexity index is 1060. The number of hydrogen-bond donors (Lipinski definition) is 3. The Morgan fingerprint density at radius 2 is 2.11 bits per heavy atom. The van der Waals surface area contributed by atoms with E-state index in [0.717, 1.165) is 5.56 Å².